The average Bonchev–Trinajstić information content (AvgIpc) is 2.99. The summed E-state index contributed by atoms with van der Waals surface area (Å²) < 4.78 is 0. The van der Waals surface area contributed by atoms with E-state index in [1.54, 1.807) is 0 Å². The first-order chi connectivity index (χ1) is 10.7. The van der Waals surface area contributed by atoms with E-state index >= 15 is 0 Å². The summed E-state index contributed by atoms with van der Waals surface area (Å²) in [7, 11) is 0. The van der Waals surface area contributed by atoms with Gasteiger partial charge in [0.1, 0.15) is 0 Å². The third-order valence-electron chi connectivity index (χ3n) is 4.50. The largest absolute Gasteiger partial charge is 0.0616 e. The van der Waals surface area contributed by atoms with E-state index in [9.17, 15) is 0 Å². The van der Waals surface area contributed by atoms with Gasteiger partial charge in [-0.1, -0.05) is 80.1 Å². The van der Waals surface area contributed by atoms with E-state index in [1.165, 1.54) is 38.6 Å². The Hall–Kier alpha value is -1.46. The summed E-state index contributed by atoms with van der Waals surface area (Å²) >= 11 is 0. The Kier molecular flexibility index (Phi) is 4.69. The molecule has 0 fully saturated rings. The first-order valence-electron chi connectivity index (χ1n) is 7.91. The monoisotopic (exact) mass is 373 g/mol. The molecule has 23 heavy (non-hydrogen) atoms. The van der Waals surface area contributed by atoms with Gasteiger partial charge in [-0.3, -0.25) is 0 Å². The van der Waals surface area contributed by atoms with Gasteiger partial charge in [-0.2, -0.15) is 0 Å². The van der Waals surface area contributed by atoms with Gasteiger partial charge in [0.15, 0.2) is 0 Å². The van der Waals surface area contributed by atoms with Crippen molar-refractivity contribution in [2.24, 2.45) is 5.92 Å². The zero-order valence-electron chi connectivity index (χ0n) is 13.5. The standard InChI is InChI=1S/C22H19.Zr/c1-15(2)20-13-18-8-5-9-21(22(18)14-20)19-11-10-16-6-3-4-7-17(16)12-19;/h3-15H,1-2H3;. The fourth-order valence-corrected chi connectivity index (χ4v) is 3.20. The van der Waals surface area contributed by atoms with Crippen molar-refractivity contribution in [1.82, 2.24) is 0 Å². The van der Waals surface area contributed by atoms with Crippen LogP contribution in [0, 0.1) is 12.3 Å². The molecule has 0 N–H and O–H groups in total. The van der Waals surface area contributed by atoms with Gasteiger partial charge >= 0.3 is 0 Å². The SMILES string of the molecule is CC(C)C1=Cc2c(cccc2-c2ccc3ccccc3c2)[CH]1.[Zr]. The number of benzene rings is 3. The van der Waals surface area contributed by atoms with Gasteiger partial charge in [0, 0.05) is 32.6 Å². The maximum Gasteiger partial charge on any atom is 0.0167 e. The smallest absolute Gasteiger partial charge is 0.0167 e. The molecule has 111 valence electrons. The van der Waals surface area contributed by atoms with Crippen LogP contribution in [0.1, 0.15) is 25.0 Å². The van der Waals surface area contributed by atoms with Crippen molar-refractivity contribution in [3.63, 3.8) is 0 Å². The predicted octanol–water partition coefficient (Wildman–Crippen LogP) is 6.11. The zero-order chi connectivity index (χ0) is 15.1. The summed E-state index contributed by atoms with van der Waals surface area (Å²) in [4.78, 5) is 0. The summed E-state index contributed by atoms with van der Waals surface area (Å²) in [5.74, 6) is 0.567. The van der Waals surface area contributed by atoms with Crippen molar-refractivity contribution in [2.45, 2.75) is 13.8 Å². The summed E-state index contributed by atoms with van der Waals surface area (Å²) in [6.07, 6.45) is 4.68. The first kappa shape index (κ1) is 16.4. The van der Waals surface area contributed by atoms with Gasteiger partial charge in [0.2, 0.25) is 0 Å². The third kappa shape index (κ3) is 3.00. The Morgan fingerprint density at radius 1 is 0.783 bits per heavy atom. The second kappa shape index (κ2) is 6.58. The van der Waals surface area contributed by atoms with Crippen LogP contribution < -0.4 is 0 Å². The van der Waals surface area contributed by atoms with Gasteiger partial charge in [-0.05, 0) is 45.0 Å². The predicted molar refractivity (Wildman–Crippen MR) is 95.6 cm³/mol. The molecule has 1 aliphatic rings. The molecule has 0 nitrogen and oxygen atoms in total. The van der Waals surface area contributed by atoms with Crippen molar-refractivity contribution in [3.8, 4) is 11.1 Å². The Morgan fingerprint density at radius 2 is 1.57 bits per heavy atom. The molecule has 3 aromatic rings. The molecule has 3 aromatic carbocycles. The summed E-state index contributed by atoms with van der Waals surface area (Å²) in [6.45, 7) is 4.51. The quantitative estimate of drug-likeness (QED) is 0.508. The van der Waals surface area contributed by atoms with Crippen LogP contribution in [0.25, 0.3) is 28.0 Å². The van der Waals surface area contributed by atoms with Crippen molar-refractivity contribution >= 4 is 16.8 Å². The Bertz CT molecular complexity index is 887. The van der Waals surface area contributed by atoms with Crippen LogP contribution in [-0.2, 0) is 26.2 Å². The molecule has 0 saturated carbocycles. The normalized spacial score (nSPS) is 12.9. The van der Waals surface area contributed by atoms with Gasteiger partial charge in [-0.25, -0.2) is 0 Å². The molecule has 0 amide bonds. The van der Waals surface area contributed by atoms with Crippen molar-refractivity contribution in [3.05, 3.63) is 83.8 Å². The topological polar surface area (TPSA) is 0 Å². The first-order valence-corrected chi connectivity index (χ1v) is 7.91. The molecule has 0 bridgehead atoms. The van der Waals surface area contributed by atoms with Gasteiger partial charge in [-0.15, -0.1) is 0 Å². The molecule has 0 heterocycles. The zero-order valence-corrected chi connectivity index (χ0v) is 16.0. The molecule has 0 aromatic heterocycles. The minimum atomic E-state index is 0. The Morgan fingerprint density at radius 3 is 2.35 bits per heavy atom. The van der Waals surface area contributed by atoms with E-state index in [0.717, 1.165) is 0 Å². The molecule has 0 saturated heterocycles. The van der Waals surface area contributed by atoms with E-state index in [1.807, 2.05) is 0 Å². The molecule has 0 unspecified atom stereocenters. The Labute approximate surface area is 157 Å². The molecular weight excluding hydrogens is 355 g/mol. The van der Waals surface area contributed by atoms with Crippen molar-refractivity contribution in [2.75, 3.05) is 0 Å². The molecule has 0 aliphatic heterocycles. The van der Waals surface area contributed by atoms with E-state index in [-0.39, 0.29) is 26.2 Å². The van der Waals surface area contributed by atoms with Crippen LogP contribution >= 0.6 is 0 Å². The molecular formula is C22H19Zr. The van der Waals surface area contributed by atoms with Crippen LogP contribution in [0.2, 0.25) is 0 Å². The van der Waals surface area contributed by atoms with Gasteiger partial charge in [0.05, 0.1) is 0 Å². The maximum atomic E-state index is 2.35. The average molecular weight is 375 g/mol. The molecule has 0 atom stereocenters. The van der Waals surface area contributed by atoms with E-state index in [0.29, 0.717) is 5.92 Å². The van der Waals surface area contributed by atoms with E-state index in [2.05, 4.69) is 87.0 Å². The number of rotatable bonds is 2. The number of hydrogen-bond acceptors (Lipinski definition) is 0. The fraction of sp³-hybridized carbons (Fsp3) is 0.136. The summed E-state index contributed by atoms with van der Waals surface area (Å²) in [5, 5.41) is 2.59. The van der Waals surface area contributed by atoms with Crippen molar-refractivity contribution < 1.29 is 26.2 Å². The molecule has 4 rings (SSSR count). The van der Waals surface area contributed by atoms with E-state index in [4.69, 9.17) is 0 Å². The second-order valence-corrected chi connectivity index (χ2v) is 6.31. The fourth-order valence-electron chi connectivity index (χ4n) is 3.20. The van der Waals surface area contributed by atoms with E-state index < -0.39 is 0 Å². The number of allylic oxidation sites excluding steroid dienone is 1. The van der Waals surface area contributed by atoms with Crippen LogP contribution in [0.4, 0.5) is 0 Å². The van der Waals surface area contributed by atoms with Gasteiger partial charge < -0.3 is 0 Å². The third-order valence-corrected chi connectivity index (χ3v) is 4.50. The number of hydrogen-bond donors (Lipinski definition) is 0. The molecule has 1 aliphatic carbocycles. The summed E-state index contributed by atoms with van der Waals surface area (Å²) in [5.41, 5.74) is 6.75. The maximum absolute atomic E-state index is 2.35. The minimum Gasteiger partial charge on any atom is -0.0616 e. The summed E-state index contributed by atoms with van der Waals surface area (Å²) in [6, 6.07) is 21.9. The van der Waals surface area contributed by atoms with Gasteiger partial charge in [0.25, 0.3) is 0 Å². The molecule has 1 radical (unpaired) electrons. The van der Waals surface area contributed by atoms with Crippen molar-refractivity contribution in [1.29, 1.82) is 0 Å². The second-order valence-electron chi connectivity index (χ2n) is 6.31. The van der Waals surface area contributed by atoms with Crippen LogP contribution in [0.3, 0.4) is 0 Å². The Balaban J connectivity index is 0.00000156. The minimum absolute atomic E-state index is 0. The number of fused-ring (bicyclic) bond motifs is 2. The van der Waals surface area contributed by atoms with Crippen LogP contribution in [0.15, 0.2) is 66.2 Å². The van der Waals surface area contributed by atoms with Crippen LogP contribution in [-0.4, -0.2) is 0 Å². The molecule has 1 heteroatoms. The molecule has 0 spiro atoms. The van der Waals surface area contributed by atoms with Crippen LogP contribution in [0.5, 0.6) is 0 Å².